The number of hydrogen-bond acceptors (Lipinski definition) is 4. The quantitative estimate of drug-likeness (QED) is 0.715. The van der Waals surface area contributed by atoms with Crippen molar-refractivity contribution < 1.29 is 24.2 Å². The van der Waals surface area contributed by atoms with E-state index in [1.54, 1.807) is 0 Å². The Labute approximate surface area is 123 Å². The van der Waals surface area contributed by atoms with Crippen molar-refractivity contribution in [3.8, 4) is 0 Å². The van der Waals surface area contributed by atoms with Crippen LogP contribution in [0.3, 0.4) is 0 Å². The molecule has 0 saturated carbocycles. The van der Waals surface area contributed by atoms with Crippen LogP contribution in [0.5, 0.6) is 0 Å². The monoisotopic (exact) mass is 299 g/mol. The van der Waals surface area contributed by atoms with E-state index in [0.29, 0.717) is 19.6 Å². The third-order valence-corrected chi connectivity index (χ3v) is 3.96. The van der Waals surface area contributed by atoms with Gasteiger partial charge in [0.25, 0.3) is 0 Å². The van der Waals surface area contributed by atoms with E-state index in [4.69, 9.17) is 4.74 Å². The minimum absolute atomic E-state index is 0.0143. The molecule has 2 heterocycles. The Hall–Kier alpha value is -1.83. The number of likely N-dealkylation sites (N-methyl/N-ethyl adjacent to an activating group) is 1. The molecule has 2 rings (SSSR count). The molecule has 21 heavy (non-hydrogen) atoms. The van der Waals surface area contributed by atoms with Crippen molar-refractivity contribution in [3.63, 3.8) is 0 Å². The fourth-order valence-electron chi connectivity index (χ4n) is 2.80. The number of carboxylic acids is 1. The molecule has 0 bridgehead atoms. The molecule has 2 saturated heterocycles. The number of rotatable bonds is 2. The fraction of sp³-hybridized carbons (Fsp3) is 0.769. The first-order valence-electron chi connectivity index (χ1n) is 7.15. The number of nitrogens with zero attached hydrogens (tertiary/aromatic N) is 2. The average Bonchev–Trinajstić information content (AvgIpc) is 2.53. The van der Waals surface area contributed by atoms with E-state index in [1.165, 1.54) is 16.8 Å². The molecule has 118 valence electrons. The van der Waals surface area contributed by atoms with Crippen molar-refractivity contribution in [3.05, 3.63) is 0 Å². The van der Waals surface area contributed by atoms with Gasteiger partial charge in [-0.2, -0.15) is 0 Å². The Bertz CT molecular complexity index is 428. The van der Waals surface area contributed by atoms with Gasteiger partial charge >= 0.3 is 12.0 Å². The topological polar surface area (TPSA) is 99.2 Å². The molecule has 2 aliphatic heterocycles. The molecular formula is C13H21N3O5. The summed E-state index contributed by atoms with van der Waals surface area (Å²) < 4.78 is 5.13. The second kappa shape index (κ2) is 6.75. The van der Waals surface area contributed by atoms with Crippen LogP contribution < -0.4 is 5.32 Å². The van der Waals surface area contributed by atoms with Gasteiger partial charge in [-0.15, -0.1) is 0 Å². The van der Waals surface area contributed by atoms with E-state index in [-0.39, 0.29) is 25.1 Å². The van der Waals surface area contributed by atoms with Crippen LogP contribution in [0.25, 0.3) is 0 Å². The summed E-state index contributed by atoms with van der Waals surface area (Å²) in [6.07, 6.45) is 2.31. The Kier molecular flexibility index (Phi) is 5.00. The Morgan fingerprint density at radius 1 is 1.14 bits per heavy atom. The number of ether oxygens (including phenoxy) is 1. The molecule has 8 heteroatoms. The number of carboxylic acid groups (broad SMARTS) is 1. The third-order valence-electron chi connectivity index (χ3n) is 3.96. The zero-order valence-electron chi connectivity index (χ0n) is 12.1. The van der Waals surface area contributed by atoms with Crippen LogP contribution in [0.1, 0.15) is 19.3 Å². The summed E-state index contributed by atoms with van der Waals surface area (Å²) in [5.74, 6) is -1.29. The molecule has 2 aliphatic rings. The van der Waals surface area contributed by atoms with Crippen molar-refractivity contribution in [2.45, 2.75) is 31.3 Å². The predicted octanol–water partition coefficient (Wildman–Crippen LogP) is -0.508. The highest BCUT2D eigenvalue weighted by Crippen LogP contribution is 2.21. The number of piperidine rings is 1. The van der Waals surface area contributed by atoms with Crippen LogP contribution in [0.4, 0.5) is 4.79 Å². The second-order valence-corrected chi connectivity index (χ2v) is 5.22. The normalized spacial score (nSPS) is 26.3. The number of nitrogens with one attached hydrogen (secondary N) is 1. The van der Waals surface area contributed by atoms with Crippen molar-refractivity contribution in [2.24, 2.45) is 0 Å². The number of aliphatic carboxylic acids is 1. The summed E-state index contributed by atoms with van der Waals surface area (Å²) in [7, 11) is 1.54. The van der Waals surface area contributed by atoms with E-state index < -0.39 is 18.1 Å². The molecule has 3 amide bonds. The van der Waals surface area contributed by atoms with E-state index in [0.717, 1.165) is 12.8 Å². The van der Waals surface area contributed by atoms with E-state index in [2.05, 4.69) is 5.32 Å². The van der Waals surface area contributed by atoms with Crippen LogP contribution >= 0.6 is 0 Å². The molecule has 2 unspecified atom stereocenters. The Balaban J connectivity index is 2.15. The highest BCUT2D eigenvalue weighted by Gasteiger charge is 2.39. The van der Waals surface area contributed by atoms with Gasteiger partial charge in [0.2, 0.25) is 5.91 Å². The number of likely N-dealkylation sites (tertiary alicyclic amines) is 1. The minimum Gasteiger partial charge on any atom is -0.480 e. The SMILES string of the molecule is CNC(=O)C1CCCCN1C(=O)N1CCOCC1C(=O)O. The summed E-state index contributed by atoms with van der Waals surface area (Å²) in [5, 5.41) is 11.8. The average molecular weight is 299 g/mol. The van der Waals surface area contributed by atoms with Crippen LogP contribution in [0.2, 0.25) is 0 Å². The smallest absolute Gasteiger partial charge is 0.328 e. The van der Waals surface area contributed by atoms with Crippen LogP contribution in [-0.4, -0.2) is 78.2 Å². The number of hydrogen-bond donors (Lipinski definition) is 2. The molecule has 0 aromatic rings. The summed E-state index contributed by atoms with van der Waals surface area (Å²) in [5.41, 5.74) is 0. The van der Waals surface area contributed by atoms with E-state index >= 15 is 0 Å². The summed E-state index contributed by atoms with van der Waals surface area (Å²) in [6.45, 7) is 1.00. The summed E-state index contributed by atoms with van der Waals surface area (Å²) in [6, 6.07) is -1.90. The van der Waals surface area contributed by atoms with Crippen LogP contribution in [-0.2, 0) is 14.3 Å². The first-order valence-corrected chi connectivity index (χ1v) is 7.15. The van der Waals surface area contributed by atoms with Gasteiger partial charge in [0.15, 0.2) is 6.04 Å². The largest absolute Gasteiger partial charge is 0.480 e. The van der Waals surface area contributed by atoms with Crippen molar-refractivity contribution >= 4 is 17.9 Å². The van der Waals surface area contributed by atoms with Gasteiger partial charge in [0, 0.05) is 20.1 Å². The fourth-order valence-corrected chi connectivity index (χ4v) is 2.80. The van der Waals surface area contributed by atoms with Gasteiger partial charge in [-0.3, -0.25) is 4.79 Å². The van der Waals surface area contributed by atoms with E-state index in [1.807, 2.05) is 0 Å². The molecule has 0 radical (unpaired) electrons. The van der Waals surface area contributed by atoms with Crippen molar-refractivity contribution in [1.29, 1.82) is 0 Å². The number of urea groups is 1. The Morgan fingerprint density at radius 3 is 2.52 bits per heavy atom. The number of morpholine rings is 1. The third kappa shape index (κ3) is 3.26. The van der Waals surface area contributed by atoms with Crippen molar-refractivity contribution in [2.75, 3.05) is 33.4 Å². The van der Waals surface area contributed by atoms with Crippen molar-refractivity contribution in [1.82, 2.24) is 15.1 Å². The second-order valence-electron chi connectivity index (χ2n) is 5.22. The molecule has 8 nitrogen and oxygen atoms in total. The highest BCUT2D eigenvalue weighted by molar-refractivity contribution is 5.89. The molecule has 0 aromatic carbocycles. The lowest BCUT2D eigenvalue weighted by Crippen LogP contribution is -2.61. The molecule has 0 aromatic heterocycles. The molecule has 0 spiro atoms. The highest BCUT2D eigenvalue weighted by atomic mass is 16.5. The van der Waals surface area contributed by atoms with Gasteiger partial charge < -0.3 is 25.0 Å². The molecule has 2 fully saturated rings. The van der Waals surface area contributed by atoms with E-state index in [9.17, 15) is 19.5 Å². The van der Waals surface area contributed by atoms with Crippen LogP contribution in [0, 0.1) is 0 Å². The molecule has 0 aliphatic carbocycles. The maximum absolute atomic E-state index is 12.7. The standard InChI is InChI=1S/C13H21N3O5/c1-14-11(17)9-4-2-3-5-15(9)13(20)16-6-7-21-8-10(16)12(18)19/h9-10H,2-8H2,1H3,(H,14,17)(H,18,19). The van der Waals surface area contributed by atoms with Gasteiger partial charge in [-0.05, 0) is 19.3 Å². The number of amides is 3. The minimum atomic E-state index is -1.09. The number of carbonyl (C=O) groups excluding carboxylic acids is 2. The zero-order chi connectivity index (χ0) is 15.4. The van der Waals surface area contributed by atoms with Gasteiger partial charge in [-0.1, -0.05) is 0 Å². The summed E-state index contributed by atoms with van der Waals surface area (Å²) >= 11 is 0. The van der Waals surface area contributed by atoms with Gasteiger partial charge in [0.05, 0.1) is 13.2 Å². The predicted molar refractivity (Wildman–Crippen MR) is 72.8 cm³/mol. The Morgan fingerprint density at radius 2 is 1.86 bits per heavy atom. The lowest BCUT2D eigenvalue weighted by atomic mass is 10.0. The summed E-state index contributed by atoms with van der Waals surface area (Å²) in [4.78, 5) is 38.6. The first-order chi connectivity index (χ1) is 10.1. The molecule has 2 atom stereocenters. The molecule has 2 N–H and O–H groups in total. The first kappa shape index (κ1) is 15.6. The lowest BCUT2D eigenvalue weighted by Gasteiger charge is -2.41. The maximum Gasteiger partial charge on any atom is 0.328 e. The van der Waals surface area contributed by atoms with Crippen LogP contribution in [0.15, 0.2) is 0 Å². The van der Waals surface area contributed by atoms with Gasteiger partial charge in [0.1, 0.15) is 6.04 Å². The molecular weight excluding hydrogens is 278 g/mol. The zero-order valence-corrected chi connectivity index (χ0v) is 12.1. The number of carbonyl (C=O) groups is 3. The lowest BCUT2D eigenvalue weighted by molar-refractivity contribution is -0.147. The van der Waals surface area contributed by atoms with Gasteiger partial charge in [-0.25, -0.2) is 9.59 Å². The maximum atomic E-state index is 12.7.